The van der Waals surface area contributed by atoms with Gasteiger partial charge in [-0.05, 0) is 42.3 Å². The first-order valence-corrected chi connectivity index (χ1v) is 10.4. The molecule has 0 radical (unpaired) electrons. The summed E-state index contributed by atoms with van der Waals surface area (Å²) in [6, 6.07) is 11.4. The molecule has 1 atom stereocenters. The molecule has 5 nitrogen and oxygen atoms in total. The minimum Gasteiger partial charge on any atom is -0.466 e. The largest absolute Gasteiger partial charge is 0.466 e. The van der Waals surface area contributed by atoms with E-state index < -0.39 is 23.8 Å². The average Bonchev–Trinajstić information content (AvgIpc) is 2.79. The Kier molecular flexibility index (Phi) is 7.48. The normalized spacial score (nSPS) is 17.7. The van der Waals surface area contributed by atoms with Crippen LogP contribution in [0.4, 0.5) is 13.2 Å². The second kappa shape index (κ2) is 10.1. The molecule has 2 aromatic rings. The standard InChI is InChI=1S/C24H23ClF3N3O2/c1-4-12-29-23-30-21(17-8-10-19(25)11-9-17)20(22(32)33-3)15(2)31(23)14-16-6-5-7-18(13-16)24(26,27)28/h4-11,13,21H,1,12,14H2,2-3H3,(H,29,30). The molecule has 0 aliphatic carbocycles. The Bertz CT molecular complexity index is 1090. The molecular formula is C24H23ClF3N3O2. The zero-order valence-electron chi connectivity index (χ0n) is 18.1. The topological polar surface area (TPSA) is 53.9 Å². The van der Waals surface area contributed by atoms with Gasteiger partial charge in [-0.1, -0.05) is 41.9 Å². The van der Waals surface area contributed by atoms with E-state index in [2.05, 4.69) is 16.9 Å². The Hall–Kier alpha value is -3.26. The zero-order chi connectivity index (χ0) is 24.2. The van der Waals surface area contributed by atoms with Gasteiger partial charge in [0.15, 0.2) is 5.96 Å². The van der Waals surface area contributed by atoms with Crippen molar-refractivity contribution in [3.63, 3.8) is 0 Å². The summed E-state index contributed by atoms with van der Waals surface area (Å²) in [5, 5.41) is 3.78. The highest BCUT2D eigenvalue weighted by atomic mass is 35.5. The van der Waals surface area contributed by atoms with Gasteiger partial charge >= 0.3 is 12.1 Å². The van der Waals surface area contributed by atoms with Crippen LogP contribution in [0.1, 0.15) is 29.7 Å². The number of nitrogens with zero attached hydrogens (tertiary/aromatic N) is 2. The first-order valence-electron chi connectivity index (χ1n) is 10.1. The summed E-state index contributed by atoms with van der Waals surface area (Å²) in [6.45, 7) is 5.73. The van der Waals surface area contributed by atoms with E-state index in [-0.39, 0.29) is 13.1 Å². The second-order valence-corrected chi connectivity index (χ2v) is 7.79. The van der Waals surface area contributed by atoms with E-state index in [9.17, 15) is 18.0 Å². The quantitative estimate of drug-likeness (QED) is 0.441. The predicted molar refractivity (Wildman–Crippen MR) is 122 cm³/mol. The van der Waals surface area contributed by atoms with E-state index in [1.807, 2.05) is 0 Å². The number of rotatable bonds is 6. The molecule has 0 fully saturated rings. The summed E-state index contributed by atoms with van der Waals surface area (Å²) in [5.74, 6) is -0.158. The first-order chi connectivity index (χ1) is 15.7. The van der Waals surface area contributed by atoms with Crippen LogP contribution in [0.25, 0.3) is 0 Å². The van der Waals surface area contributed by atoms with Crippen molar-refractivity contribution in [3.8, 4) is 0 Å². The van der Waals surface area contributed by atoms with Gasteiger partial charge in [-0.15, -0.1) is 6.58 Å². The third-order valence-electron chi connectivity index (χ3n) is 5.19. The SMILES string of the molecule is C=CCN=C1NC(c2ccc(Cl)cc2)C(C(=O)OC)=C(C)N1Cc1cccc(C(F)(F)F)c1. The van der Waals surface area contributed by atoms with Crippen LogP contribution in [0.2, 0.25) is 5.02 Å². The van der Waals surface area contributed by atoms with E-state index in [4.69, 9.17) is 16.3 Å². The minimum absolute atomic E-state index is 0.0621. The highest BCUT2D eigenvalue weighted by Gasteiger charge is 2.36. The summed E-state index contributed by atoms with van der Waals surface area (Å²) >= 11 is 6.01. The number of nitrogens with one attached hydrogen (secondary N) is 1. The number of allylic oxidation sites excluding steroid dienone is 1. The Morgan fingerprint density at radius 3 is 2.58 bits per heavy atom. The lowest BCUT2D eigenvalue weighted by atomic mass is 9.94. The maximum atomic E-state index is 13.2. The van der Waals surface area contributed by atoms with Crippen LogP contribution in [-0.2, 0) is 22.3 Å². The molecule has 1 aliphatic rings. The lowest BCUT2D eigenvalue weighted by Crippen LogP contribution is -2.48. The van der Waals surface area contributed by atoms with Crippen molar-refractivity contribution in [2.24, 2.45) is 4.99 Å². The molecular weight excluding hydrogens is 455 g/mol. The number of carbonyl (C=O) groups is 1. The summed E-state index contributed by atoms with van der Waals surface area (Å²) in [5.41, 5.74) is 1.25. The predicted octanol–water partition coefficient (Wildman–Crippen LogP) is 5.49. The van der Waals surface area contributed by atoms with E-state index in [0.29, 0.717) is 27.8 Å². The molecule has 0 saturated carbocycles. The molecule has 1 N–H and O–H groups in total. The molecule has 174 valence electrons. The molecule has 0 aromatic heterocycles. The smallest absolute Gasteiger partial charge is 0.416 e. The molecule has 0 bridgehead atoms. The fourth-order valence-electron chi connectivity index (χ4n) is 3.58. The van der Waals surface area contributed by atoms with E-state index in [1.54, 1.807) is 48.2 Å². The number of guanidine groups is 1. The summed E-state index contributed by atoms with van der Waals surface area (Å²) in [6.07, 6.45) is -2.86. The fraction of sp³-hybridized carbons (Fsp3) is 0.250. The number of aliphatic imine (C=N–C) groups is 1. The van der Waals surface area contributed by atoms with Crippen LogP contribution in [0.3, 0.4) is 0 Å². The molecule has 0 spiro atoms. The number of methoxy groups -OCH3 is 1. The number of halogens is 4. The molecule has 1 unspecified atom stereocenters. The minimum atomic E-state index is -4.46. The number of benzene rings is 2. The number of alkyl halides is 3. The van der Waals surface area contributed by atoms with Crippen molar-refractivity contribution in [2.45, 2.75) is 25.7 Å². The van der Waals surface area contributed by atoms with Crippen molar-refractivity contribution in [2.75, 3.05) is 13.7 Å². The lowest BCUT2D eigenvalue weighted by molar-refractivity contribution is -0.138. The Morgan fingerprint density at radius 1 is 1.27 bits per heavy atom. The van der Waals surface area contributed by atoms with Crippen LogP contribution in [0.15, 0.2) is 77.4 Å². The van der Waals surface area contributed by atoms with Crippen LogP contribution in [0.5, 0.6) is 0 Å². The molecule has 1 heterocycles. The van der Waals surface area contributed by atoms with Crippen molar-refractivity contribution in [1.82, 2.24) is 10.2 Å². The molecule has 33 heavy (non-hydrogen) atoms. The van der Waals surface area contributed by atoms with Crippen LogP contribution in [0, 0.1) is 0 Å². The Morgan fingerprint density at radius 2 is 1.97 bits per heavy atom. The number of esters is 1. The van der Waals surface area contributed by atoms with Crippen molar-refractivity contribution < 1.29 is 22.7 Å². The van der Waals surface area contributed by atoms with Gasteiger partial charge in [-0.25, -0.2) is 9.79 Å². The Labute approximate surface area is 195 Å². The van der Waals surface area contributed by atoms with Crippen molar-refractivity contribution >= 4 is 23.5 Å². The second-order valence-electron chi connectivity index (χ2n) is 7.36. The van der Waals surface area contributed by atoms with E-state index >= 15 is 0 Å². The zero-order valence-corrected chi connectivity index (χ0v) is 18.9. The van der Waals surface area contributed by atoms with Crippen LogP contribution < -0.4 is 5.32 Å². The van der Waals surface area contributed by atoms with Gasteiger partial charge < -0.3 is 15.0 Å². The monoisotopic (exact) mass is 477 g/mol. The summed E-state index contributed by atoms with van der Waals surface area (Å²) in [4.78, 5) is 18.9. The first kappa shape index (κ1) is 24.4. The summed E-state index contributed by atoms with van der Waals surface area (Å²) in [7, 11) is 1.28. The van der Waals surface area contributed by atoms with Crippen LogP contribution in [-0.4, -0.2) is 30.5 Å². The molecule has 0 amide bonds. The number of ether oxygens (including phenoxy) is 1. The molecule has 0 saturated heterocycles. The van der Waals surface area contributed by atoms with E-state index in [1.165, 1.54) is 13.2 Å². The maximum absolute atomic E-state index is 13.2. The van der Waals surface area contributed by atoms with Gasteiger partial charge in [0.1, 0.15) is 0 Å². The third-order valence-corrected chi connectivity index (χ3v) is 5.44. The lowest BCUT2D eigenvalue weighted by Gasteiger charge is -2.38. The number of hydrogen-bond acceptors (Lipinski definition) is 3. The van der Waals surface area contributed by atoms with Gasteiger partial charge in [-0.2, -0.15) is 13.2 Å². The van der Waals surface area contributed by atoms with Gasteiger partial charge in [-0.3, -0.25) is 0 Å². The fourth-order valence-corrected chi connectivity index (χ4v) is 3.70. The molecule has 1 aliphatic heterocycles. The highest BCUT2D eigenvalue weighted by Crippen LogP contribution is 2.34. The molecule has 2 aromatic carbocycles. The third kappa shape index (κ3) is 5.57. The van der Waals surface area contributed by atoms with Crippen molar-refractivity contribution in [3.05, 3.63) is 94.2 Å². The highest BCUT2D eigenvalue weighted by molar-refractivity contribution is 6.30. The molecule has 9 heteroatoms. The Balaban J connectivity index is 2.10. The number of hydrogen-bond donors (Lipinski definition) is 1. The number of carbonyl (C=O) groups excluding carboxylic acids is 1. The molecule has 3 rings (SSSR count). The van der Waals surface area contributed by atoms with Gasteiger partial charge in [0.05, 0.1) is 37.4 Å². The van der Waals surface area contributed by atoms with E-state index in [0.717, 1.165) is 17.7 Å². The average molecular weight is 478 g/mol. The van der Waals surface area contributed by atoms with Crippen molar-refractivity contribution in [1.29, 1.82) is 0 Å². The maximum Gasteiger partial charge on any atom is 0.416 e. The van der Waals surface area contributed by atoms with Gasteiger partial charge in [0.2, 0.25) is 0 Å². The van der Waals surface area contributed by atoms with Gasteiger partial charge in [0.25, 0.3) is 0 Å². The van der Waals surface area contributed by atoms with Crippen LogP contribution >= 0.6 is 11.6 Å². The van der Waals surface area contributed by atoms with Gasteiger partial charge in [0, 0.05) is 10.7 Å². The summed E-state index contributed by atoms with van der Waals surface area (Å²) < 4.78 is 44.6.